The van der Waals surface area contributed by atoms with Crippen molar-refractivity contribution in [1.29, 1.82) is 0 Å². The number of carbonyl (C=O) groups is 1. The average Bonchev–Trinajstić information content (AvgIpc) is 2.27. The van der Waals surface area contributed by atoms with Gasteiger partial charge in [0.15, 0.2) is 9.84 Å². The van der Waals surface area contributed by atoms with Crippen LogP contribution in [0.1, 0.15) is 12.5 Å². The Balaban J connectivity index is 2.79. The van der Waals surface area contributed by atoms with Gasteiger partial charge in [0.05, 0.1) is 11.3 Å². The van der Waals surface area contributed by atoms with Crippen LogP contribution in [0.25, 0.3) is 0 Å². The zero-order valence-corrected chi connectivity index (χ0v) is 11.1. The number of nitrogens with zero attached hydrogens (tertiary/aromatic N) is 1. The number of sulfone groups is 1. The summed E-state index contributed by atoms with van der Waals surface area (Å²) in [6.45, 7) is 2.57. The average molecular weight is 255 g/mol. The maximum absolute atomic E-state index is 11.6. The molecule has 0 aliphatic carbocycles. The Morgan fingerprint density at radius 3 is 2.18 bits per heavy atom. The summed E-state index contributed by atoms with van der Waals surface area (Å²) < 4.78 is 22.5. The smallest absolute Gasteiger partial charge is 0.226 e. The van der Waals surface area contributed by atoms with E-state index in [9.17, 15) is 13.2 Å². The largest absolute Gasteiger partial charge is 0.346 e. The number of likely N-dealkylation sites (N-methyl/N-ethyl adjacent to an activating group) is 1. The van der Waals surface area contributed by atoms with E-state index >= 15 is 0 Å². The Bertz CT molecular complexity index is 491. The summed E-state index contributed by atoms with van der Waals surface area (Å²) in [5.41, 5.74) is 0.822. The van der Waals surface area contributed by atoms with Crippen molar-refractivity contribution >= 4 is 15.7 Å². The van der Waals surface area contributed by atoms with E-state index in [0.717, 1.165) is 11.8 Å². The normalized spacial score (nSPS) is 11.2. The van der Waals surface area contributed by atoms with E-state index in [1.807, 2.05) is 6.92 Å². The summed E-state index contributed by atoms with van der Waals surface area (Å²) in [7, 11) is -1.42. The van der Waals surface area contributed by atoms with Gasteiger partial charge in [-0.15, -0.1) is 0 Å². The highest BCUT2D eigenvalue weighted by atomic mass is 32.2. The molecule has 0 bridgehead atoms. The lowest BCUT2D eigenvalue weighted by molar-refractivity contribution is -0.128. The summed E-state index contributed by atoms with van der Waals surface area (Å²) >= 11 is 0. The zero-order chi connectivity index (χ0) is 13.1. The highest BCUT2D eigenvalue weighted by Crippen LogP contribution is 2.11. The van der Waals surface area contributed by atoms with E-state index in [2.05, 4.69) is 0 Å². The van der Waals surface area contributed by atoms with Crippen molar-refractivity contribution in [2.75, 3.05) is 19.8 Å². The zero-order valence-electron chi connectivity index (χ0n) is 10.3. The predicted molar refractivity (Wildman–Crippen MR) is 66.6 cm³/mol. The minimum absolute atomic E-state index is 0.0274. The van der Waals surface area contributed by atoms with Crippen molar-refractivity contribution < 1.29 is 13.2 Å². The number of hydrogen-bond acceptors (Lipinski definition) is 3. The Morgan fingerprint density at radius 1 is 1.24 bits per heavy atom. The molecule has 0 atom stereocenters. The Labute approximate surface area is 102 Å². The fourth-order valence-corrected chi connectivity index (χ4v) is 1.97. The number of rotatable bonds is 4. The summed E-state index contributed by atoms with van der Waals surface area (Å²) in [6, 6.07) is 6.42. The number of carbonyl (C=O) groups excluding carboxylic acids is 1. The van der Waals surface area contributed by atoms with Crippen LogP contribution in [0.4, 0.5) is 0 Å². The minimum atomic E-state index is -3.16. The first-order valence-corrected chi connectivity index (χ1v) is 7.26. The molecule has 1 aromatic carbocycles. The van der Waals surface area contributed by atoms with Gasteiger partial charge in [0.2, 0.25) is 5.91 Å². The lowest BCUT2D eigenvalue weighted by atomic mass is 10.1. The van der Waals surface area contributed by atoms with E-state index in [0.29, 0.717) is 13.0 Å². The molecular weight excluding hydrogens is 238 g/mol. The van der Waals surface area contributed by atoms with Crippen molar-refractivity contribution in [2.45, 2.75) is 18.2 Å². The van der Waals surface area contributed by atoms with Gasteiger partial charge in [-0.3, -0.25) is 4.79 Å². The van der Waals surface area contributed by atoms with Crippen LogP contribution < -0.4 is 0 Å². The highest BCUT2D eigenvalue weighted by Gasteiger charge is 2.10. The van der Waals surface area contributed by atoms with E-state index in [1.54, 1.807) is 24.1 Å². The van der Waals surface area contributed by atoms with Crippen LogP contribution in [0.15, 0.2) is 29.2 Å². The van der Waals surface area contributed by atoms with Gasteiger partial charge >= 0.3 is 0 Å². The van der Waals surface area contributed by atoms with Crippen LogP contribution >= 0.6 is 0 Å². The fraction of sp³-hybridized carbons (Fsp3) is 0.417. The van der Waals surface area contributed by atoms with Gasteiger partial charge in [-0.25, -0.2) is 8.42 Å². The lowest BCUT2D eigenvalue weighted by Gasteiger charge is -2.14. The molecule has 5 heteroatoms. The van der Waals surface area contributed by atoms with Crippen molar-refractivity contribution in [1.82, 2.24) is 4.90 Å². The number of amides is 1. The van der Waals surface area contributed by atoms with Crippen LogP contribution in [-0.4, -0.2) is 39.1 Å². The monoisotopic (exact) mass is 255 g/mol. The molecule has 0 saturated heterocycles. The molecule has 1 rings (SSSR count). The van der Waals surface area contributed by atoms with Crippen LogP contribution in [-0.2, 0) is 21.1 Å². The molecule has 1 amide bonds. The van der Waals surface area contributed by atoms with Crippen LogP contribution in [0.2, 0.25) is 0 Å². The van der Waals surface area contributed by atoms with Crippen molar-refractivity contribution in [2.24, 2.45) is 0 Å². The van der Waals surface area contributed by atoms with E-state index in [4.69, 9.17) is 0 Å². The third-order valence-electron chi connectivity index (χ3n) is 2.61. The molecule has 0 N–H and O–H groups in total. The molecule has 0 saturated carbocycles. The third kappa shape index (κ3) is 3.85. The highest BCUT2D eigenvalue weighted by molar-refractivity contribution is 7.90. The SMILES string of the molecule is CCN(C)C(=O)Cc1ccc(S(C)(=O)=O)cc1. The Hall–Kier alpha value is -1.36. The topological polar surface area (TPSA) is 54.5 Å². The van der Waals surface area contributed by atoms with Gasteiger partial charge in [0.1, 0.15) is 0 Å². The molecule has 0 unspecified atom stereocenters. The second-order valence-electron chi connectivity index (χ2n) is 4.00. The molecular formula is C12H17NO3S. The predicted octanol–water partition coefficient (Wildman–Crippen LogP) is 1.11. The first-order chi connectivity index (χ1) is 7.84. The van der Waals surface area contributed by atoms with Crippen molar-refractivity contribution in [3.63, 3.8) is 0 Å². The van der Waals surface area contributed by atoms with E-state index in [1.165, 1.54) is 12.1 Å². The summed E-state index contributed by atoms with van der Waals surface area (Å²) in [4.78, 5) is 13.5. The minimum Gasteiger partial charge on any atom is -0.346 e. The molecule has 17 heavy (non-hydrogen) atoms. The van der Waals surface area contributed by atoms with Gasteiger partial charge in [-0.2, -0.15) is 0 Å². The van der Waals surface area contributed by atoms with Gasteiger partial charge in [0.25, 0.3) is 0 Å². The Morgan fingerprint density at radius 2 is 1.76 bits per heavy atom. The van der Waals surface area contributed by atoms with Crippen LogP contribution in [0, 0.1) is 0 Å². The van der Waals surface area contributed by atoms with Crippen molar-refractivity contribution in [3.05, 3.63) is 29.8 Å². The van der Waals surface area contributed by atoms with Gasteiger partial charge in [-0.1, -0.05) is 12.1 Å². The van der Waals surface area contributed by atoms with Gasteiger partial charge < -0.3 is 4.90 Å². The maximum Gasteiger partial charge on any atom is 0.226 e. The quantitative estimate of drug-likeness (QED) is 0.810. The summed E-state index contributed by atoms with van der Waals surface area (Å²) in [5.74, 6) is 0.0274. The molecule has 0 spiro atoms. The lowest BCUT2D eigenvalue weighted by Crippen LogP contribution is -2.27. The maximum atomic E-state index is 11.6. The van der Waals surface area contributed by atoms with Crippen LogP contribution in [0.5, 0.6) is 0 Å². The fourth-order valence-electron chi connectivity index (χ4n) is 1.34. The molecule has 0 heterocycles. The van der Waals surface area contributed by atoms with E-state index in [-0.39, 0.29) is 10.8 Å². The van der Waals surface area contributed by atoms with Crippen LogP contribution in [0.3, 0.4) is 0 Å². The molecule has 94 valence electrons. The summed E-state index contributed by atoms with van der Waals surface area (Å²) in [6.07, 6.45) is 1.46. The van der Waals surface area contributed by atoms with Gasteiger partial charge in [-0.05, 0) is 24.6 Å². The molecule has 1 aromatic rings. The number of hydrogen-bond donors (Lipinski definition) is 0. The first kappa shape index (κ1) is 13.7. The first-order valence-electron chi connectivity index (χ1n) is 5.37. The Kier molecular flexibility index (Phi) is 4.28. The second-order valence-corrected chi connectivity index (χ2v) is 6.02. The second kappa shape index (κ2) is 5.31. The van der Waals surface area contributed by atoms with Crippen molar-refractivity contribution in [3.8, 4) is 0 Å². The molecule has 4 nitrogen and oxygen atoms in total. The van der Waals surface area contributed by atoms with E-state index < -0.39 is 9.84 Å². The molecule has 0 aliphatic heterocycles. The summed E-state index contributed by atoms with van der Waals surface area (Å²) in [5, 5.41) is 0. The standard InChI is InChI=1S/C12H17NO3S/c1-4-13(2)12(14)9-10-5-7-11(8-6-10)17(3,15)16/h5-8H,4,9H2,1-3H3. The number of benzene rings is 1. The molecule has 0 radical (unpaired) electrons. The van der Waals surface area contributed by atoms with Gasteiger partial charge in [0, 0.05) is 19.8 Å². The third-order valence-corrected chi connectivity index (χ3v) is 3.74. The molecule has 0 fully saturated rings. The molecule has 0 aromatic heterocycles. The molecule has 0 aliphatic rings.